The summed E-state index contributed by atoms with van der Waals surface area (Å²) in [6.07, 6.45) is 3.29. The van der Waals surface area contributed by atoms with Crippen LogP contribution in [0.2, 0.25) is 0 Å². The summed E-state index contributed by atoms with van der Waals surface area (Å²) in [4.78, 5) is 13.0. The first kappa shape index (κ1) is 16.5. The fourth-order valence-corrected chi connectivity index (χ4v) is 4.33. The van der Waals surface area contributed by atoms with E-state index in [-0.39, 0.29) is 17.6 Å². The van der Waals surface area contributed by atoms with E-state index < -0.39 is 10.0 Å². The van der Waals surface area contributed by atoms with Crippen LogP contribution in [0.1, 0.15) is 54.4 Å². The lowest BCUT2D eigenvalue weighted by atomic mass is 9.93. The molecule has 0 N–H and O–H groups in total. The lowest BCUT2D eigenvalue weighted by Gasteiger charge is -2.30. The Balaban J connectivity index is 2.04. The van der Waals surface area contributed by atoms with Crippen LogP contribution in [-0.4, -0.2) is 47.4 Å². The Morgan fingerprint density at radius 3 is 2.81 bits per heavy atom. The molecule has 2 rings (SSSR count). The highest BCUT2D eigenvalue weighted by molar-refractivity contribution is 7.88. The van der Waals surface area contributed by atoms with Crippen LogP contribution in [0.15, 0.2) is 0 Å². The van der Waals surface area contributed by atoms with Gasteiger partial charge in [0, 0.05) is 19.5 Å². The molecule has 1 aromatic heterocycles. The molecule has 1 fully saturated rings. The lowest BCUT2D eigenvalue weighted by Crippen LogP contribution is -2.39. The van der Waals surface area contributed by atoms with Gasteiger partial charge in [0.1, 0.15) is 4.88 Å². The van der Waals surface area contributed by atoms with Crippen molar-refractivity contribution < 1.29 is 13.2 Å². The Bertz CT molecular complexity index is 610. The molecule has 2 heterocycles. The molecule has 118 valence electrons. The Labute approximate surface area is 129 Å². The van der Waals surface area contributed by atoms with E-state index in [4.69, 9.17) is 0 Å². The SMILES string of the molecule is CC(C)c1nnsc1C(=O)CC1CCCN(S(C)(=O)=O)C1. The van der Waals surface area contributed by atoms with Crippen molar-refractivity contribution in [2.75, 3.05) is 19.3 Å². The maximum atomic E-state index is 12.4. The maximum absolute atomic E-state index is 12.4. The Morgan fingerprint density at radius 2 is 2.19 bits per heavy atom. The lowest BCUT2D eigenvalue weighted by molar-refractivity contribution is 0.0945. The van der Waals surface area contributed by atoms with E-state index in [1.165, 1.54) is 10.6 Å². The number of rotatable bonds is 5. The molecule has 1 atom stereocenters. The van der Waals surface area contributed by atoms with Gasteiger partial charge in [-0.05, 0) is 36.2 Å². The molecule has 0 aliphatic carbocycles. The molecule has 1 saturated heterocycles. The number of piperidine rings is 1. The van der Waals surface area contributed by atoms with E-state index in [1.54, 1.807) is 0 Å². The van der Waals surface area contributed by atoms with Crippen molar-refractivity contribution in [1.82, 2.24) is 13.9 Å². The van der Waals surface area contributed by atoms with Crippen LogP contribution < -0.4 is 0 Å². The van der Waals surface area contributed by atoms with Gasteiger partial charge in [-0.1, -0.05) is 18.3 Å². The summed E-state index contributed by atoms with van der Waals surface area (Å²) in [5.41, 5.74) is 0.751. The minimum Gasteiger partial charge on any atom is -0.293 e. The van der Waals surface area contributed by atoms with Gasteiger partial charge in [0.05, 0.1) is 11.9 Å². The average molecular weight is 331 g/mol. The highest BCUT2D eigenvalue weighted by Gasteiger charge is 2.29. The number of hydrogen-bond acceptors (Lipinski definition) is 6. The first-order valence-electron chi connectivity index (χ1n) is 7.09. The molecular formula is C13H21N3O3S2. The predicted molar refractivity (Wildman–Crippen MR) is 82.1 cm³/mol. The molecule has 0 radical (unpaired) electrons. The zero-order valence-electron chi connectivity index (χ0n) is 12.6. The minimum absolute atomic E-state index is 0.0362. The van der Waals surface area contributed by atoms with Crippen LogP contribution >= 0.6 is 11.5 Å². The van der Waals surface area contributed by atoms with Crippen molar-refractivity contribution >= 4 is 27.3 Å². The molecule has 6 nitrogen and oxygen atoms in total. The normalized spacial score (nSPS) is 20.9. The molecule has 1 aliphatic rings. The third kappa shape index (κ3) is 4.08. The summed E-state index contributed by atoms with van der Waals surface area (Å²) in [5.74, 6) is 0.290. The van der Waals surface area contributed by atoms with Crippen molar-refractivity contribution in [3.8, 4) is 0 Å². The van der Waals surface area contributed by atoms with Gasteiger partial charge >= 0.3 is 0 Å². The molecular weight excluding hydrogens is 310 g/mol. The summed E-state index contributed by atoms with van der Waals surface area (Å²) < 4.78 is 28.6. The van der Waals surface area contributed by atoms with Gasteiger partial charge in [-0.15, -0.1) is 5.10 Å². The summed E-state index contributed by atoms with van der Waals surface area (Å²) >= 11 is 1.14. The van der Waals surface area contributed by atoms with Crippen molar-refractivity contribution in [2.45, 2.75) is 39.0 Å². The molecule has 0 spiro atoms. The van der Waals surface area contributed by atoms with Gasteiger partial charge in [-0.3, -0.25) is 4.79 Å². The largest absolute Gasteiger partial charge is 0.293 e. The van der Waals surface area contributed by atoms with Gasteiger partial charge < -0.3 is 0 Å². The van der Waals surface area contributed by atoms with E-state index >= 15 is 0 Å². The number of ketones is 1. The Hall–Kier alpha value is -0.860. The number of carbonyl (C=O) groups excluding carboxylic acids is 1. The number of aromatic nitrogens is 2. The molecule has 1 aliphatic heterocycles. The van der Waals surface area contributed by atoms with E-state index in [1.807, 2.05) is 13.8 Å². The smallest absolute Gasteiger partial charge is 0.211 e. The topological polar surface area (TPSA) is 80.2 Å². The zero-order valence-corrected chi connectivity index (χ0v) is 14.2. The van der Waals surface area contributed by atoms with Crippen molar-refractivity contribution in [3.63, 3.8) is 0 Å². The number of carbonyl (C=O) groups is 1. The standard InChI is InChI=1S/C13H21N3O3S2/c1-9(2)12-13(20-15-14-12)11(17)7-10-5-4-6-16(8-10)21(3,18)19/h9-10H,4-8H2,1-3H3. The molecule has 0 aromatic carbocycles. The van der Waals surface area contributed by atoms with Gasteiger partial charge in [-0.2, -0.15) is 0 Å². The van der Waals surface area contributed by atoms with Crippen molar-refractivity contribution in [2.24, 2.45) is 5.92 Å². The summed E-state index contributed by atoms with van der Waals surface area (Å²) in [5, 5.41) is 4.03. The van der Waals surface area contributed by atoms with Crippen LogP contribution in [0.3, 0.4) is 0 Å². The Kier molecular flexibility index (Phi) is 5.11. The van der Waals surface area contributed by atoms with Crippen LogP contribution in [0.25, 0.3) is 0 Å². The van der Waals surface area contributed by atoms with Crippen LogP contribution in [0.4, 0.5) is 0 Å². The van der Waals surface area contributed by atoms with Crippen molar-refractivity contribution in [3.05, 3.63) is 10.6 Å². The number of sulfonamides is 1. The van der Waals surface area contributed by atoms with Gasteiger partial charge in [0.25, 0.3) is 0 Å². The third-order valence-corrected chi connectivity index (χ3v) is 5.79. The van der Waals surface area contributed by atoms with E-state index in [9.17, 15) is 13.2 Å². The molecule has 0 amide bonds. The van der Waals surface area contributed by atoms with Crippen LogP contribution in [0.5, 0.6) is 0 Å². The minimum atomic E-state index is -3.17. The highest BCUT2D eigenvalue weighted by atomic mass is 32.2. The van der Waals surface area contributed by atoms with E-state index in [0.717, 1.165) is 30.1 Å². The van der Waals surface area contributed by atoms with Crippen LogP contribution in [-0.2, 0) is 10.0 Å². The monoisotopic (exact) mass is 331 g/mol. The van der Waals surface area contributed by atoms with Gasteiger partial charge in [0.15, 0.2) is 5.78 Å². The molecule has 1 unspecified atom stereocenters. The average Bonchev–Trinajstić information content (AvgIpc) is 2.87. The molecule has 8 heteroatoms. The summed E-state index contributed by atoms with van der Waals surface area (Å²) in [7, 11) is -3.17. The second kappa shape index (κ2) is 6.50. The third-order valence-electron chi connectivity index (χ3n) is 3.74. The first-order chi connectivity index (χ1) is 9.79. The second-order valence-electron chi connectivity index (χ2n) is 5.90. The van der Waals surface area contributed by atoms with Crippen LogP contribution in [0, 0.1) is 5.92 Å². The predicted octanol–water partition coefficient (Wildman–Crippen LogP) is 1.91. The number of Topliss-reactive ketones (excluding diaryl/α,β-unsaturated/α-hetero) is 1. The fourth-order valence-electron chi connectivity index (χ4n) is 2.62. The van der Waals surface area contributed by atoms with Gasteiger partial charge in [-0.25, -0.2) is 12.7 Å². The summed E-state index contributed by atoms with van der Waals surface area (Å²) in [6.45, 7) is 4.97. The first-order valence-corrected chi connectivity index (χ1v) is 9.71. The number of hydrogen-bond donors (Lipinski definition) is 0. The quantitative estimate of drug-likeness (QED) is 0.770. The molecule has 1 aromatic rings. The molecule has 0 saturated carbocycles. The maximum Gasteiger partial charge on any atom is 0.211 e. The zero-order chi connectivity index (χ0) is 15.6. The summed E-state index contributed by atoms with van der Waals surface area (Å²) in [6, 6.07) is 0. The van der Waals surface area contributed by atoms with E-state index in [2.05, 4.69) is 9.59 Å². The van der Waals surface area contributed by atoms with E-state index in [0.29, 0.717) is 24.4 Å². The van der Waals surface area contributed by atoms with Crippen molar-refractivity contribution in [1.29, 1.82) is 0 Å². The van der Waals surface area contributed by atoms with Gasteiger partial charge in [0.2, 0.25) is 10.0 Å². The Morgan fingerprint density at radius 1 is 1.48 bits per heavy atom. The number of nitrogens with zero attached hydrogens (tertiary/aromatic N) is 3. The highest BCUT2D eigenvalue weighted by Crippen LogP contribution is 2.26. The fraction of sp³-hybridized carbons (Fsp3) is 0.769. The molecule has 21 heavy (non-hydrogen) atoms. The molecule has 0 bridgehead atoms. The second-order valence-corrected chi connectivity index (χ2v) is 8.64.